The average Bonchev–Trinajstić information content (AvgIpc) is 2.73. The fourth-order valence-electron chi connectivity index (χ4n) is 2.49. The molecule has 1 N–H and O–H groups in total. The maximum atomic E-state index is 4.40. The van der Waals surface area contributed by atoms with Gasteiger partial charge in [-0.25, -0.2) is 0 Å². The lowest BCUT2D eigenvalue weighted by atomic mass is 9.93. The first kappa shape index (κ1) is 17.2. The van der Waals surface area contributed by atoms with Gasteiger partial charge in [0.15, 0.2) is 5.96 Å². The molecular weight excluding hydrogens is 363 g/mol. The molecule has 1 aliphatic rings. The molecule has 1 aromatic heterocycles. The molecule has 1 aliphatic heterocycles. The van der Waals surface area contributed by atoms with Crippen LogP contribution in [-0.2, 0) is 6.54 Å². The maximum absolute atomic E-state index is 4.40. The van der Waals surface area contributed by atoms with Crippen LogP contribution in [0.15, 0.2) is 23.3 Å². The van der Waals surface area contributed by atoms with E-state index in [0.29, 0.717) is 5.41 Å². The Bertz CT molecular complexity index is 471. The number of hydrogen-bond donors (Lipinski definition) is 1. The van der Waals surface area contributed by atoms with Gasteiger partial charge in [0.25, 0.3) is 0 Å². The van der Waals surface area contributed by atoms with Gasteiger partial charge in [-0.15, -0.1) is 24.0 Å². The molecule has 0 radical (unpaired) electrons. The van der Waals surface area contributed by atoms with E-state index in [1.54, 1.807) is 0 Å². The van der Waals surface area contributed by atoms with Gasteiger partial charge in [0.05, 0.1) is 12.2 Å². The normalized spacial score (nSPS) is 17.8. The summed E-state index contributed by atoms with van der Waals surface area (Å²) in [6.07, 6.45) is 3.06. The van der Waals surface area contributed by atoms with E-state index in [9.17, 15) is 0 Å². The van der Waals surface area contributed by atoms with Crippen LogP contribution in [0.25, 0.3) is 0 Å². The molecule has 0 saturated carbocycles. The summed E-state index contributed by atoms with van der Waals surface area (Å²) in [5, 5.41) is 3.42. The third kappa shape index (κ3) is 4.33. The molecule has 4 nitrogen and oxygen atoms in total. The van der Waals surface area contributed by atoms with Crippen LogP contribution in [0.5, 0.6) is 0 Å². The summed E-state index contributed by atoms with van der Waals surface area (Å²) < 4.78 is 0. The van der Waals surface area contributed by atoms with E-state index in [2.05, 4.69) is 47.0 Å². The standard InChI is InChI=1S/C15H24N4.HI/c1-12-6-5-8-17-13(12)10-18-14(16-4)19-9-7-15(2,3)11-19;/h5-6,8H,7,9-11H2,1-4H3,(H,16,18);1H. The smallest absolute Gasteiger partial charge is 0.193 e. The Hall–Kier alpha value is -0.850. The van der Waals surface area contributed by atoms with Gasteiger partial charge in [0.2, 0.25) is 0 Å². The zero-order valence-corrected chi connectivity index (χ0v) is 15.1. The van der Waals surface area contributed by atoms with Crippen molar-refractivity contribution in [3.8, 4) is 0 Å². The highest BCUT2D eigenvalue weighted by atomic mass is 127. The maximum Gasteiger partial charge on any atom is 0.193 e. The van der Waals surface area contributed by atoms with Crippen molar-refractivity contribution in [2.45, 2.75) is 33.7 Å². The van der Waals surface area contributed by atoms with Crippen LogP contribution < -0.4 is 5.32 Å². The largest absolute Gasteiger partial charge is 0.351 e. The lowest BCUT2D eigenvalue weighted by Gasteiger charge is -2.23. The Morgan fingerprint density at radius 1 is 1.50 bits per heavy atom. The topological polar surface area (TPSA) is 40.5 Å². The van der Waals surface area contributed by atoms with Crippen LogP contribution in [-0.4, -0.2) is 36.0 Å². The Labute approximate surface area is 139 Å². The Morgan fingerprint density at radius 3 is 2.80 bits per heavy atom. The second-order valence-corrected chi connectivity index (χ2v) is 6.00. The molecule has 0 spiro atoms. The van der Waals surface area contributed by atoms with Gasteiger partial charge in [-0.05, 0) is 30.4 Å². The van der Waals surface area contributed by atoms with Crippen molar-refractivity contribution in [1.82, 2.24) is 15.2 Å². The first-order valence-corrected chi connectivity index (χ1v) is 6.88. The van der Waals surface area contributed by atoms with E-state index >= 15 is 0 Å². The molecule has 0 amide bonds. The Morgan fingerprint density at radius 2 is 2.25 bits per heavy atom. The van der Waals surface area contributed by atoms with E-state index in [1.165, 1.54) is 12.0 Å². The Balaban J connectivity index is 0.00000200. The number of nitrogens with one attached hydrogen (secondary N) is 1. The summed E-state index contributed by atoms with van der Waals surface area (Å²) in [7, 11) is 1.85. The minimum absolute atomic E-state index is 0. The van der Waals surface area contributed by atoms with E-state index in [-0.39, 0.29) is 24.0 Å². The molecule has 0 aliphatic carbocycles. The number of likely N-dealkylation sites (tertiary alicyclic amines) is 1. The van der Waals surface area contributed by atoms with Crippen LogP contribution in [0.1, 0.15) is 31.5 Å². The van der Waals surface area contributed by atoms with Crippen LogP contribution in [0, 0.1) is 12.3 Å². The Kier molecular flexibility index (Phi) is 6.23. The molecule has 0 aromatic carbocycles. The van der Waals surface area contributed by atoms with Crippen molar-refractivity contribution in [1.29, 1.82) is 0 Å². The van der Waals surface area contributed by atoms with Crippen LogP contribution >= 0.6 is 24.0 Å². The molecule has 20 heavy (non-hydrogen) atoms. The van der Waals surface area contributed by atoms with E-state index in [0.717, 1.165) is 31.3 Å². The fraction of sp³-hybridized carbons (Fsp3) is 0.600. The fourth-order valence-corrected chi connectivity index (χ4v) is 2.49. The highest BCUT2D eigenvalue weighted by Gasteiger charge is 2.30. The summed E-state index contributed by atoms with van der Waals surface area (Å²) in [4.78, 5) is 11.1. The average molecular weight is 388 g/mol. The van der Waals surface area contributed by atoms with Crippen molar-refractivity contribution in [3.63, 3.8) is 0 Å². The number of halogens is 1. The number of aryl methyl sites for hydroxylation is 1. The van der Waals surface area contributed by atoms with Crippen molar-refractivity contribution in [2.24, 2.45) is 10.4 Å². The van der Waals surface area contributed by atoms with Crippen molar-refractivity contribution < 1.29 is 0 Å². The van der Waals surface area contributed by atoms with Crippen molar-refractivity contribution in [2.75, 3.05) is 20.1 Å². The number of aliphatic imine (C=N–C) groups is 1. The monoisotopic (exact) mass is 388 g/mol. The summed E-state index contributed by atoms with van der Waals surface area (Å²) in [5.41, 5.74) is 2.69. The van der Waals surface area contributed by atoms with Crippen molar-refractivity contribution in [3.05, 3.63) is 29.6 Å². The zero-order chi connectivity index (χ0) is 13.9. The molecular formula is C15H25IN4. The van der Waals surface area contributed by atoms with Gasteiger partial charge >= 0.3 is 0 Å². The first-order valence-electron chi connectivity index (χ1n) is 6.88. The SMILES string of the molecule is CN=C(NCc1ncccc1C)N1CCC(C)(C)C1.I. The van der Waals surface area contributed by atoms with E-state index in [4.69, 9.17) is 0 Å². The second-order valence-electron chi connectivity index (χ2n) is 6.00. The molecule has 1 saturated heterocycles. The minimum atomic E-state index is 0. The van der Waals surface area contributed by atoms with Gasteiger partial charge < -0.3 is 10.2 Å². The van der Waals surface area contributed by atoms with Crippen LogP contribution in [0.2, 0.25) is 0 Å². The predicted molar refractivity (Wildman–Crippen MR) is 94.6 cm³/mol. The third-order valence-electron chi connectivity index (χ3n) is 3.72. The summed E-state index contributed by atoms with van der Waals surface area (Å²) in [6, 6.07) is 4.06. The third-order valence-corrected chi connectivity index (χ3v) is 3.72. The molecule has 0 atom stereocenters. The van der Waals surface area contributed by atoms with Gasteiger partial charge in [-0.1, -0.05) is 19.9 Å². The molecule has 1 aromatic rings. The first-order chi connectivity index (χ1) is 9.02. The molecule has 2 rings (SSSR count). The summed E-state index contributed by atoms with van der Waals surface area (Å²) >= 11 is 0. The molecule has 5 heteroatoms. The van der Waals surface area contributed by atoms with E-state index in [1.807, 2.05) is 19.3 Å². The molecule has 0 bridgehead atoms. The number of rotatable bonds is 2. The molecule has 0 unspecified atom stereocenters. The molecule has 1 fully saturated rings. The van der Waals surface area contributed by atoms with Gasteiger partial charge in [-0.2, -0.15) is 0 Å². The van der Waals surface area contributed by atoms with Crippen LogP contribution in [0.3, 0.4) is 0 Å². The number of pyridine rings is 1. The number of nitrogens with zero attached hydrogens (tertiary/aromatic N) is 3. The number of aromatic nitrogens is 1. The van der Waals surface area contributed by atoms with Crippen LogP contribution in [0.4, 0.5) is 0 Å². The molecule has 112 valence electrons. The van der Waals surface area contributed by atoms with Gasteiger partial charge in [-0.3, -0.25) is 9.98 Å². The lowest BCUT2D eigenvalue weighted by Crippen LogP contribution is -2.40. The number of hydrogen-bond acceptors (Lipinski definition) is 2. The molecule has 2 heterocycles. The zero-order valence-electron chi connectivity index (χ0n) is 12.8. The minimum Gasteiger partial charge on any atom is -0.351 e. The highest BCUT2D eigenvalue weighted by Crippen LogP contribution is 2.28. The lowest BCUT2D eigenvalue weighted by molar-refractivity contribution is 0.370. The second kappa shape index (κ2) is 7.24. The van der Waals surface area contributed by atoms with Crippen molar-refractivity contribution >= 4 is 29.9 Å². The van der Waals surface area contributed by atoms with E-state index < -0.39 is 0 Å². The quantitative estimate of drug-likeness (QED) is 0.481. The summed E-state index contributed by atoms with van der Waals surface area (Å²) in [6.45, 7) is 9.58. The summed E-state index contributed by atoms with van der Waals surface area (Å²) in [5.74, 6) is 0.982. The van der Waals surface area contributed by atoms with Gasteiger partial charge in [0, 0.05) is 26.3 Å². The predicted octanol–water partition coefficient (Wildman–Crippen LogP) is 2.82. The number of guanidine groups is 1. The van der Waals surface area contributed by atoms with Gasteiger partial charge in [0.1, 0.15) is 0 Å². The highest BCUT2D eigenvalue weighted by molar-refractivity contribution is 14.0.